The summed E-state index contributed by atoms with van der Waals surface area (Å²) in [7, 11) is -3.39. The third-order valence-electron chi connectivity index (χ3n) is 7.55. The molecule has 1 aliphatic rings. The van der Waals surface area contributed by atoms with Crippen molar-refractivity contribution in [2.75, 3.05) is 57.1 Å². The van der Waals surface area contributed by atoms with Crippen molar-refractivity contribution in [2.45, 2.75) is 55.3 Å². The van der Waals surface area contributed by atoms with E-state index in [1.54, 1.807) is 11.0 Å². The summed E-state index contributed by atoms with van der Waals surface area (Å²) in [5.41, 5.74) is -0.236. The fraction of sp³-hybridized carbons (Fsp3) is 0.469. The number of hydrogen-bond donors (Lipinski definition) is 4. The molecule has 4 N–H and O–H groups in total. The Morgan fingerprint density at radius 1 is 1.15 bits per heavy atom. The number of piperidine rings is 1. The van der Waals surface area contributed by atoms with Crippen molar-refractivity contribution >= 4 is 48.7 Å². The second-order valence-electron chi connectivity index (χ2n) is 11.8. The monoisotopic (exact) mass is 786 g/mol. The molecule has 1 fully saturated rings. The van der Waals surface area contributed by atoms with Gasteiger partial charge in [0.15, 0.2) is 6.61 Å². The van der Waals surface area contributed by atoms with Gasteiger partial charge >= 0.3 is 12.4 Å². The number of carbonyl (C=O) groups excluding carboxylic acids is 1. The van der Waals surface area contributed by atoms with E-state index in [9.17, 15) is 49.1 Å². The van der Waals surface area contributed by atoms with Crippen LogP contribution in [0.3, 0.4) is 0 Å². The van der Waals surface area contributed by atoms with Gasteiger partial charge in [0, 0.05) is 45.8 Å². The molecule has 286 valence electrons. The second-order valence-corrected chi connectivity index (χ2v) is 14.5. The summed E-state index contributed by atoms with van der Waals surface area (Å²) in [6.45, 7) is -0.772. The highest BCUT2D eigenvalue weighted by Crippen LogP contribution is 2.40. The summed E-state index contributed by atoms with van der Waals surface area (Å²) >= 11 is 0.913. The Labute approximate surface area is 297 Å². The lowest BCUT2D eigenvalue weighted by molar-refractivity contribution is -0.153. The number of rotatable bonds is 13. The van der Waals surface area contributed by atoms with E-state index in [1.165, 1.54) is 24.0 Å². The number of fused-ring (bicyclic) bond motifs is 1. The van der Waals surface area contributed by atoms with Crippen molar-refractivity contribution in [1.82, 2.24) is 9.62 Å². The third kappa shape index (κ3) is 11.3. The largest absolute Gasteiger partial charge is 0.482 e. The molecule has 2 heterocycles. The molecule has 0 aliphatic carbocycles. The van der Waals surface area contributed by atoms with Gasteiger partial charge in [-0.2, -0.15) is 26.3 Å². The van der Waals surface area contributed by atoms with Gasteiger partial charge in [-0.25, -0.2) is 21.9 Å². The summed E-state index contributed by atoms with van der Waals surface area (Å²) in [6.07, 6.45) is -12.7. The van der Waals surface area contributed by atoms with E-state index < -0.39 is 88.3 Å². The summed E-state index contributed by atoms with van der Waals surface area (Å²) in [6, 6.07) is 4.87. The number of sulfonamides is 1. The predicted octanol–water partition coefficient (Wildman–Crippen LogP) is 5.21. The minimum Gasteiger partial charge on any atom is -0.482 e. The normalized spacial score (nSPS) is 17.7. The summed E-state index contributed by atoms with van der Waals surface area (Å²) < 4.78 is 146. The maximum atomic E-state index is 15.2. The molecule has 1 aromatic heterocycles. The Morgan fingerprint density at radius 2 is 1.88 bits per heavy atom. The van der Waals surface area contributed by atoms with E-state index in [2.05, 4.69) is 27.2 Å². The van der Waals surface area contributed by atoms with Crippen molar-refractivity contribution in [3.05, 3.63) is 46.6 Å². The number of nitrogens with one attached hydrogen (secondary N) is 3. The highest BCUT2D eigenvalue weighted by Gasteiger charge is 2.34. The van der Waals surface area contributed by atoms with Crippen LogP contribution in [0, 0.1) is 17.7 Å². The van der Waals surface area contributed by atoms with Crippen LogP contribution in [0.4, 0.5) is 46.5 Å². The van der Waals surface area contributed by atoms with Crippen LogP contribution in [0.2, 0.25) is 0 Å². The molecule has 3 unspecified atom stereocenters. The number of carbonyl (C=O) groups is 1. The standard InChI is InChI=1S/C32H34F8N4O6S2/c1-18(45)43-52(47,48)29-12-27(50-17-32(38,39)40)26(11-22(29)33)41-9-4-7-28-21(13-31(35,36)37)20-5-3-6-25(30(20)51-28)42-24-8-10-44(15-23(24)34)14-19(46)16-49-2/h3,5-6,11-12,19,23-24,41-42,46H,8-10,13-17H2,1-2H3,(H,43,45). The first-order valence-electron chi connectivity index (χ1n) is 15.5. The highest BCUT2D eigenvalue weighted by atomic mass is 32.2. The molecule has 1 saturated heterocycles. The SMILES string of the molecule is COCC(O)CN1CCC(Nc2cccc3c(CC(F)(F)F)c(C#CCNc4cc(F)c(S(=O)(=O)NC(C)=O)cc4OCC(F)(F)F)sc23)C(F)C1. The number of anilines is 2. The summed E-state index contributed by atoms with van der Waals surface area (Å²) in [5, 5.41) is 15.8. The second kappa shape index (κ2) is 16.8. The van der Waals surface area contributed by atoms with E-state index in [1.807, 2.05) is 0 Å². The fourth-order valence-electron chi connectivity index (χ4n) is 5.47. The highest BCUT2D eigenvalue weighted by molar-refractivity contribution is 7.90. The van der Waals surface area contributed by atoms with Crippen LogP contribution in [0.25, 0.3) is 10.1 Å². The van der Waals surface area contributed by atoms with E-state index in [0.29, 0.717) is 35.5 Å². The molecule has 0 saturated carbocycles. The van der Waals surface area contributed by atoms with Gasteiger partial charge in [-0.1, -0.05) is 24.0 Å². The number of β-amino-alcohol motifs (C(OH)–C–C–N with tert-alkyl or cyclic N) is 1. The smallest absolute Gasteiger partial charge is 0.422 e. The number of aliphatic hydroxyl groups is 1. The van der Waals surface area contributed by atoms with Crippen LogP contribution < -0.4 is 20.1 Å². The lowest BCUT2D eigenvalue weighted by Crippen LogP contribution is -2.50. The van der Waals surface area contributed by atoms with Gasteiger partial charge in [0.25, 0.3) is 10.0 Å². The first-order chi connectivity index (χ1) is 24.3. The lowest BCUT2D eigenvalue weighted by atomic mass is 10.0. The van der Waals surface area contributed by atoms with E-state index in [0.717, 1.165) is 18.3 Å². The van der Waals surface area contributed by atoms with E-state index in [-0.39, 0.29) is 35.5 Å². The van der Waals surface area contributed by atoms with Gasteiger partial charge in [-0.3, -0.25) is 9.69 Å². The average molecular weight is 787 g/mol. The first-order valence-corrected chi connectivity index (χ1v) is 17.8. The Morgan fingerprint density at radius 3 is 2.52 bits per heavy atom. The van der Waals surface area contributed by atoms with Crippen LogP contribution >= 0.6 is 11.3 Å². The van der Waals surface area contributed by atoms with E-state index in [4.69, 9.17) is 4.74 Å². The van der Waals surface area contributed by atoms with Crippen molar-refractivity contribution in [2.24, 2.45) is 0 Å². The maximum absolute atomic E-state index is 15.2. The Balaban J connectivity index is 1.59. The number of amides is 1. The van der Waals surface area contributed by atoms with Crippen molar-refractivity contribution in [1.29, 1.82) is 0 Å². The number of halogens is 8. The molecule has 1 amide bonds. The number of alkyl halides is 7. The maximum Gasteiger partial charge on any atom is 0.422 e. The molecule has 20 heteroatoms. The van der Waals surface area contributed by atoms with Crippen LogP contribution in [0.5, 0.6) is 5.75 Å². The number of aliphatic hydroxyl groups excluding tert-OH is 1. The van der Waals surface area contributed by atoms with Gasteiger partial charge in [-0.05, 0) is 23.4 Å². The van der Waals surface area contributed by atoms with Crippen LogP contribution in [0.15, 0.2) is 35.2 Å². The number of likely N-dealkylation sites (tertiary alicyclic amines) is 1. The number of thiophene rings is 1. The first kappa shape index (κ1) is 40.9. The lowest BCUT2D eigenvalue weighted by Gasteiger charge is -2.36. The molecule has 2 aromatic carbocycles. The topological polar surface area (TPSA) is 129 Å². The molecule has 1 aliphatic heterocycles. The molecule has 10 nitrogen and oxygen atoms in total. The van der Waals surface area contributed by atoms with Crippen LogP contribution in [-0.2, 0) is 26.0 Å². The molecule has 0 spiro atoms. The predicted molar refractivity (Wildman–Crippen MR) is 177 cm³/mol. The van der Waals surface area contributed by atoms with Gasteiger partial charge in [0.2, 0.25) is 5.91 Å². The van der Waals surface area contributed by atoms with Crippen molar-refractivity contribution in [3.8, 4) is 17.6 Å². The van der Waals surface area contributed by atoms with Gasteiger partial charge in [0.05, 0.1) is 52.7 Å². The zero-order chi connectivity index (χ0) is 38.4. The number of nitrogens with zero attached hydrogens (tertiary/aromatic N) is 1. The number of ether oxygens (including phenoxy) is 2. The van der Waals surface area contributed by atoms with Gasteiger partial charge in [0.1, 0.15) is 22.6 Å². The molecular weight excluding hydrogens is 752 g/mol. The Kier molecular flexibility index (Phi) is 13.2. The van der Waals surface area contributed by atoms with E-state index >= 15 is 4.39 Å². The number of hydrogen-bond acceptors (Lipinski definition) is 10. The number of benzene rings is 2. The Bertz CT molecular complexity index is 1910. The molecule has 4 rings (SSSR count). The zero-order valence-corrected chi connectivity index (χ0v) is 29.2. The minimum absolute atomic E-state index is 0.00130. The molecule has 0 radical (unpaired) electrons. The minimum atomic E-state index is -4.87. The summed E-state index contributed by atoms with van der Waals surface area (Å²) in [4.78, 5) is 11.8. The Hall–Kier alpha value is -3.90. The van der Waals surface area contributed by atoms with Gasteiger partial charge < -0.3 is 25.2 Å². The third-order valence-corrected chi connectivity index (χ3v) is 10.2. The molecule has 0 bridgehead atoms. The molecule has 3 atom stereocenters. The van der Waals surface area contributed by atoms with Crippen molar-refractivity contribution < 1.29 is 62.9 Å². The quantitative estimate of drug-likeness (QED) is 0.137. The van der Waals surface area contributed by atoms with Crippen LogP contribution in [-0.4, -0.2) is 102 Å². The van der Waals surface area contributed by atoms with Crippen LogP contribution in [0.1, 0.15) is 23.8 Å². The van der Waals surface area contributed by atoms with Gasteiger partial charge in [-0.15, -0.1) is 11.3 Å². The summed E-state index contributed by atoms with van der Waals surface area (Å²) in [5.74, 6) is 1.87. The fourth-order valence-corrected chi connectivity index (χ4v) is 7.70. The average Bonchev–Trinajstić information content (AvgIpc) is 3.35. The number of methoxy groups -OCH3 is 1. The zero-order valence-electron chi connectivity index (χ0n) is 27.6. The molecular formula is C32H34F8N4O6S2. The molecule has 3 aromatic rings. The van der Waals surface area contributed by atoms with Crippen molar-refractivity contribution in [3.63, 3.8) is 0 Å². The molecule has 52 heavy (non-hydrogen) atoms.